The Kier molecular flexibility index (Phi) is 6.04. The van der Waals surface area contributed by atoms with E-state index in [-0.39, 0.29) is 12.1 Å². The largest absolute Gasteiger partial charge is 0.503 e. The van der Waals surface area contributed by atoms with E-state index in [2.05, 4.69) is 5.32 Å². The van der Waals surface area contributed by atoms with Crippen LogP contribution < -0.4 is 10.2 Å². The van der Waals surface area contributed by atoms with Crippen LogP contribution in [0.2, 0.25) is 10.0 Å². The number of hydrogen-bond acceptors (Lipinski definition) is 3. The standard InChI is InChI=1S/C20H18Cl2N2O3/c21-16-9-8-13(11-17(16)22)5-4-10-23-19(26)15-12-24(20(27)18(15)25)14-6-2-1-3-7-14/h1-3,6-9,11,25H,4-5,10,12H2,(H,23,26). The first-order valence-electron chi connectivity index (χ1n) is 8.48. The smallest absolute Gasteiger partial charge is 0.293 e. The van der Waals surface area contributed by atoms with Gasteiger partial charge in [-0.05, 0) is 42.7 Å². The highest BCUT2D eigenvalue weighted by Crippen LogP contribution is 2.25. The van der Waals surface area contributed by atoms with Gasteiger partial charge in [0.1, 0.15) is 0 Å². The lowest BCUT2D eigenvalue weighted by Crippen LogP contribution is -2.30. The molecule has 7 heteroatoms. The number of anilines is 1. The molecule has 0 spiro atoms. The number of nitrogens with zero attached hydrogens (tertiary/aromatic N) is 1. The van der Waals surface area contributed by atoms with Crippen molar-refractivity contribution in [3.63, 3.8) is 0 Å². The first-order chi connectivity index (χ1) is 13.0. The number of halogens is 2. The van der Waals surface area contributed by atoms with Crippen LogP contribution in [0, 0.1) is 0 Å². The normalized spacial score (nSPS) is 14.0. The monoisotopic (exact) mass is 404 g/mol. The van der Waals surface area contributed by atoms with Crippen LogP contribution in [-0.2, 0) is 16.0 Å². The van der Waals surface area contributed by atoms with Crippen molar-refractivity contribution in [1.29, 1.82) is 0 Å². The summed E-state index contributed by atoms with van der Waals surface area (Å²) < 4.78 is 0. The molecule has 0 unspecified atom stereocenters. The van der Waals surface area contributed by atoms with Crippen molar-refractivity contribution in [3.05, 3.63) is 75.5 Å². The van der Waals surface area contributed by atoms with Gasteiger partial charge in [0, 0.05) is 12.2 Å². The third-order valence-electron chi connectivity index (χ3n) is 4.30. The molecule has 2 N–H and O–H groups in total. The van der Waals surface area contributed by atoms with Gasteiger partial charge in [-0.2, -0.15) is 0 Å². The molecule has 0 saturated heterocycles. The third-order valence-corrected chi connectivity index (χ3v) is 5.04. The highest BCUT2D eigenvalue weighted by Gasteiger charge is 2.34. The fraction of sp³-hybridized carbons (Fsp3) is 0.200. The van der Waals surface area contributed by atoms with Gasteiger partial charge in [-0.15, -0.1) is 0 Å². The van der Waals surface area contributed by atoms with Crippen LogP contribution >= 0.6 is 23.2 Å². The summed E-state index contributed by atoms with van der Waals surface area (Å²) in [5, 5.41) is 13.8. The highest BCUT2D eigenvalue weighted by molar-refractivity contribution is 6.42. The quantitative estimate of drug-likeness (QED) is 0.717. The first-order valence-corrected chi connectivity index (χ1v) is 9.24. The first kappa shape index (κ1) is 19.3. The number of rotatable bonds is 6. The van der Waals surface area contributed by atoms with E-state index in [0.29, 0.717) is 28.7 Å². The van der Waals surface area contributed by atoms with Gasteiger partial charge in [0.05, 0.1) is 22.2 Å². The molecule has 2 amide bonds. The molecule has 0 saturated carbocycles. The molecule has 0 aromatic heterocycles. The summed E-state index contributed by atoms with van der Waals surface area (Å²) in [5.74, 6) is -1.50. The summed E-state index contributed by atoms with van der Waals surface area (Å²) >= 11 is 11.9. The Morgan fingerprint density at radius 2 is 1.85 bits per heavy atom. The van der Waals surface area contributed by atoms with Crippen LogP contribution in [0.4, 0.5) is 5.69 Å². The van der Waals surface area contributed by atoms with E-state index in [9.17, 15) is 14.7 Å². The van der Waals surface area contributed by atoms with Gasteiger partial charge in [0.25, 0.3) is 11.8 Å². The minimum atomic E-state index is -0.567. The zero-order chi connectivity index (χ0) is 19.4. The maximum absolute atomic E-state index is 12.3. The van der Waals surface area contributed by atoms with Crippen LogP contribution in [0.15, 0.2) is 59.9 Å². The van der Waals surface area contributed by atoms with E-state index in [1.807, 2.05) is 12.1 Å². The van der Waals surface area contributed by atoms with Gasteiger partial charge >= 0.3 is 0 Å². The summed E-state index contributed by atoms with van der Waals surface area (Å²) in [4.78, 5) is 25.9. The zero-order valence-corrected chi connectivity index (χ0v) is 15.9. The minimum Gasteiger partial charge on any atom is -0.503 e. The topological polar surface area (TPSA) is 69.6 Å². The number of hydrogen-bond donors (Lipinski definition) is 2. The number of amides is 2. The molecule has 0 bridgehead atoms. The van der Waals surface area contributed by atoms with Crippen molar-refractivity contribution in [2.75, 3.05) is 18.0 Å². The molecule has 1 aliphatic heterocycles. The van der Waals surface area contributed by atoms with Crippen LogP contribution in [0.25, 0.3) is 0 Å². The predicted octanol–water partition coefficient (Wildman–Crippen LogP) is 3.90. The lowest BCUT2D eigenvalue weighted by molar-refractivity contribution is -0.119. The SMILES string of the molecule is O=C(NCCCc1ccc(Cl)c(Cl)c1)C1=C(O)C(=O)N(c2ccccc2)C1. The Morgan fingerprint density at radius 1 is 1.11 bits per heavy atom. The molecular weight excluding hydrogens is 387 g/mol. The Labute approximate surface area is 167 Å². The average Bonchev–Trinajstić information content (AvgIpc) is 2.97. The molecule has 5 nitrogen and oxygen atoms in total. The van der Waals surface area contributed by atoms with Crippen LogP contribution in [0.1, 0.15) is 12.0 Å². The number of carbonyl (C=O) groups is 2. The maximum Gasteiger partial charge on any atom is 0.293 e. The van der Waals surface area contributed by atoms with Gasteiger partial charge < -0.3 is 15.3 Å². The molecule has 0 aliphatic carbocycles. The molecule has 0 radical (unpaired) electrons. The zero-order valence-electron chi connectivity index (χ0n) is 14.4. The number of aliphatic hydroxyl groups excluding tert-OH is 1. The van der Waals surface area contributed by atoms with E-state index in [1.165, 1.54) is 4.90 Å². The summed E-state index contributed by atoms with van der Waals surface area (Å²) in [6, 6.07) is 14.3. The summed E-state index contributed by atoms with van der Waals surface area (Å²) in [6.07, 6.45) is 1.41. The summed E-state index contributed by atoms with van der Waals surface area (Å²) in [5.41, 5.74) is 1.74. The molecular formula is C20H18Cl2N2O3. The number of nitrogens with one attached hydrogen (secondary N) is 1. The lowest BCUT2D eigenvalue weighted by atomic mass is 10.1. The third kappa shape index (κ3) is 4.43. The molecule has 0 atom stereocenters. The van der Waals surface area contributed by atoms with Crippen molar-refractivity contribution >= 4 is 40.7 Å². The Morgan fingerprint density at radius 3 is 2.56 bits per heavy atom. The number of carbonyl (C=O) groups excluding carboxylic acids is 2. The number of para-hydroxylation sites is 1. The van der Waals surface area contributed by atoms with E-state index < -0.39 is 17.6 Å². The van der Waals surface area contributed by atoms with E-state index in [1.54, 1.807) is 36.4 Å². The van der Waals surface area contributed by atoms with Gasteiger partial charge in [-0.1, -0.05) is 47.5 Å². The van der Waals surface area contributed by atoms with Crippen molar-refractivity contribution in [2.45, 2.75) is 12.8 Å². The second-order valence-corrected chi connectivity index (χ2v) is 6.98. The maximum atomic E-state index is 12.3. The van der Waals surface area contributed by atoms with E-state index in [4.69, 9.17) is 23.2 Å². The van der Waals surface area contributed by atoms with Gasteiger partial charge in [-0.25, -0.2) is 0 Å². The van der Waals surface area contributed by atoms with Crippen molar-refractivity contribution < 1.29 is 14.7 Å². The van der Waals surface area contributed by atoms with Gasteiger partial charge in [-0.3, -0.25) is 9.59 Å². The van der Waals surface area contributed by atoms with Crippen LogP contribution in [0.3, 0.4) is 0 Å². The summed E-state index contributed by atoms with van der Waals surface area (Å²) in [7, 11) is 0. The second kappa shape index (κ2) is 8.46. The lowest BCUT2D eigenvalue weighted by Gasteiger charge is -2.15. The number of benzene rings is 2. The molecule has 2 aromatic rings. The number of aliphatic hydroxyl groups is 1. The predicted molar refractivity (Wildman–Crippen MR) is 106 cm³/mol. The molecule has 140 valence electrons. The van der Waals surface area contributed by atoms with E-state index in [0.717, 1.165) is 12.0 Å². The number of aryl methyl sites for hydroxylation is 1. The van der Waals surface area contributed by atoms with Crippen molar-refractivity contribution in [3.8, 4) is 0 Å². The molecule has 27 heavy (non-hydrogen) atoms. The molecule has 3 rings (SSSR count). The fourth-order valence-electron chi connectivity index (χ4n) is 2.85. The van der Waals surface area contributed by atoms with Crippen LogP contribution in [0.5, 0.6) is 0 Å². The molecule has 1 aliphatic rings. The van der Waals surface area contributed by atoms with Gasteiger partial charge in [0.15, 0.2) is 5.76 Å². The Hall–Kier alpha value is -2.50. The van der Waals surface area contributed by atoms with Crippen molar-refractivity contribution in [1.82, 2.24) is 5.32 Å². The van der Waals surface area contributed by atoms with Crippen molar-refractivity contribution in [2.24, 2.45) is 0 Å². The molecule has 1 heterocycles. The highest BCUT2D eigenvalue weighted by atomic mass is 35.5. The van der Waals surface area contributed by atoms with Crippen LogP contribution in [-0.4, -0.2) is 30.0 Å². The Balaban J connectivity index is 1.53. The summed E-state index contributed by atoms with van der Waals surface area (Å²) in [6.45, 7) is 0.461. The average molecular weight is 405 g/mol. The molecule has 2 aromatic carbocycles. The molecule has 0 fully saturated rings. The second-order valence-electron chi connectivity index (χ2n) is 6.16. The van der Waals surface area contributed by atoms with Gasteiger partial charge in [0.2, 0.25) is 0 Å². The fourth-order valence-corrected chi connectivity index (χ4v) is 3.17. The Bertz CT molecular complexity index is 897. The van der Waals surface area contributed by atoms with E-state index >= 15 is 0 Å². The minimum absolute atomic E-state index is 0.0489.